The molecule has 0 radical (unpaired) electrons. The zero-order chi connectivity index (χ0) is 13.0. The average Bonchev–Trinajstić information content (AvgIpc) is 2.64. The van der Waals surface area contributed by atoms with E-state index >= 15 is 0 Å². The van der Waals surface area contributed by atoms with Gasteiger partial charge in [0.15, 0.2) is 0 Å². The van der Waals surface area contributed by atoms with Crippen molar-refractivity contribution in [2.45, 2.75) is 25.3 Å². The van der Waals surface area contributed by atoms with Crippen LogP contribution in [0.15, 0.2) is 18.3 Å². The molecular weight excluding hydrogens is 224 g/mol. The molecule has 1 atom stereocenters. The summed E-state index contributed by atoms with van der Waals surface area (Å²) in [7, 11) is 4.31. The first-order chi connectivity index (χ1) is 8.70. The van der Waals surface area contributed by atoms with E-state index in [1.807, 2.05) is 12.1 Å². The first-order valence-electron chi connectivity index (χ1n) is 6.48. The second-order valence-electron chi connectivity index (χ2n) is 5.05. The van der Waals surface area contributed by atoms with Crippen LogP contribution in [0.5, 0.6) is 0 Å². The highest BCUT2D eigenvalue weighted by Crippen LogP contribution is 2.19. The molecule has 2 heterocycles. The smallest absolute Gasteiger partial charge is 0.128 e. The van der Waals surface area contributed by atoms with Crippen LogP contribution in [-0.4, -0.2) is 43.1 Å². The Morgan fingerprint density at radius 3 is 2.78 bits per heavy atom. The minimum Gasteiger partial charge on any atom is -0.357 e. The Hall–Kier alpha value is -1.60. The third-order valence-electron chi connectivity index (χ3n) is 3.63. The number of hydrogen-bond donors (Lipinski definition) is 0. The van der Waals surface area contributed by atoms with Crippen molar-refractivity contribution in [2.75, 3.05) is 32.1 Å². The van der Waals surface area contributed by atoms with Gasteiger partial charge in [-0.25, -0.2) is 4.98 Å². The predicted molar refractivity (Wildman–Crippen MR) is 72.5 cm³/mol. The summed E-state index contributed by atoms with van der Waals surface area (Å²) in [5.74, 6) is 0.994. The summed E-state index contributed by atoms with van der Waals surface area (Å²) in [6, 6.07) is 6.57. The van der Waals surface area contributed by atoms with E-state index in [0.29, 0.717) is 11.6 Å². The van der Waals surface area contributed by atoms with Crippen molar-refractivity contribution >= 4 is 5.82 Å². The van der Waals surface area contributed by atoms with Crippen LogP contribution in [0.3, 0.4) is 0 Å². The van der Waals surface area contributed by atoms with Gasteiger partial charge in [-0.05, 0) is 45.5 Å². The summed E-state index contributed by atoms with van der Waals surface area (Å²) in [5.41, 5.74) is 0.625. The second kappa shape index (κ2) is 5.83. The molecule has 0 unspecified atom stereocenters. The number of aromatic nitrogens is 1. The summed E-state index contributed by atoms with van der Waals surface area (Å²) in [4.78, 5) is 9.01. The Morgan fingerprint density at radius 2 is 2.17 bits per heavy atom. The molecule has 4 nitrogen and oxygen atoms in total. The molecule has 0 saturated carbocycles. The number of pyridine rings is 1. The SMILES string of the molecule is CN(C)[C@@H]1CCCN(c2ccc(C#N)cn2)CC1. The topological polar surface area (TPSA) is 43.2 Å². The Bertz CT molecular complexity index is 418. The summed E-state index contributed by atoms with van der Waals surface area (Å²) in [5, 5.41) is 8.77. The Balaban J connectivity index is 2.03. The van der Waals surface area contributed by atoms with E-state index < -0.39 is 0 Å². The van der Waals surface area contributed by atoms with Gasteiger partial charge in [-0.3, -0.25) is 0 Å². The third-order valence-corrected chi connectivity index (χ3v) is 3.63. The van der Waals surface area contributed by atoms with E-state index in [4.69, 9.17) is 5.26 Å². The van der Waals surface area contributed by atoms with Gasteiger partial charge in [0.05, 0.1) is 5.56 Å². The lowest BCUT2D eigenvalue weighted by molar-refractivity contribution is 0.272. The van der Waals surface area contributed by atoms with E-state index in [1.165, 1.54) is 19.3 Å². The van der Waals surface area contributed by atoms with Crippen LogP contribution < -0.4 is 4.90 Å². The van der Waals surface area contributed by atoms with E-state index in [-0.39, 0.29) is 0 Å². The number of rotatable bonds is 2. The van der Waals surface area contributed by atoms with Crippen LogP contribution in [0.1, 0.15) is 24.8 Å². The van der Waals surface area contributed by atoms with Crippen molar-refractivity contribution < 1.29 is 0 Å². The van der Waals surface area contributed by atoms with Crippen molar-refractivity contribution in [3.8, 4) is 6.07 Å². The minimum absolute atomic E-state index is 0.625. The molecule has 0 aromatic carbocycles. The second-order valence-corrected chi connectivity index (χ2v) is 5.05. The van der Waals surface area contributed by atoms with Crippen molar-refractivity contribution in [1.82, 2.24) is 9.88 Å². The molecule has 1 aromatic rings. The van der Waals surface area contributed by atoms with Gasteiger partial charge < -0.3 is 9.80 Å². The standard InChI is InChI=1S/C14H20N4/c1-17(2)13-4-3-8-18(9-7-13)14-6-5-12(10-15)11-16-14/h5-6,11,13H,3-4,7-9H2,1-2H3/t13-/m1/s1. The molecule has 1 aromatic heterocycles. The van der Waals surface area contributed by atoms with Gasteiger partial charge in [0.25, 0.3) is 0 Å². The third kappa shape index (κ3) is 2.99. The molecule has 1 aliphatic heterocycles. The van der Waals surface area contributed by atoms with E-state index in [2.05, 4.69) is 34.9 Å². The van der Waals surface area contributed by atoms with Crippen LogP contribution in [-0.2, 0) is 0 Å². The zero-order valence-electron chi connectivity index (χ0n) is 11.1. The molecule has 96 valence electrons. The fourth-order valence-corrected chi connectivity index (χ4v) is 2.46. The normalized spacial score (nSPS) is 20.6. The van der Waals surface area contributed by atoms with Crippen LogP contribution in [0.2, 0.25) is 0 Å². The maximum absolute atomic E-state index is 8.77. The molecule has 18 heavy (non-hydrogen) atoms. The van der Waals surface area contributed by atoms with Crippen LogP contribution in [0.25, 0.3) is 0 Å². The average molecular weight is 244 g/mol. The Morgan fingerprint density at radius 1 is 1.33 bits per heavy atom. The Labute approximate surface area is 109 Å². The number of nitrogens with zero attached hydrogens (tertiary/aromatic N) is 4. The van der Waals surface area contributed by atoms with Crippen LogP contribution >= 0.6 is 0 Å². The van der Waals surface area contributed by atoms with E-state index in [0.717, 1.165) is 18.9 Å². The highest BCUT2D eigenvalue weighted by Gasteiger charge is 2.19. The minimum atomic E-state index is 0.625. The van der Waals surface area contributed by atoms with Crippen LogP contribution in [0, 0.1) is 11.3 Å². The summed E-state index contributed by atoms with van der Waals surface area (Å²) in [6.07, 6.45) is 5.28. The molecule has 1 saturated heterocycles. The summed E-state index contributed by atoms with van der Waals surface area (Å²) < 4.78 is 0. The lowest BCUT2D eigenvalue weighted by Crippen LogP contribution is -2.30. The van der Waals surface area contributed by atoms with Crippen molar-refractivity contribution in [2.24, 2.45) is 0 Å². The van der Waals surface area contributed by atoms with E-state index in [9.17, 15) is 0 Å². The van der Waals surface area contributed by atoms with Gasteiger partial charge in [0.2, 0.25) is 0 Å². The Kier molecular flexibility index (Phi) is 4.16. The number of nitriles is 1. The molecule has 2 rings (SSSR count). The highest BCUT2D eigenvalue weighted by atomic mass is 15.2. The van der Waals surface area contributed by atoms with Gasteiger partial charge in [0.1, 0.15) is 11.9 Å². The van der Waals surface area contributed by atoms with Crippen LogP contribution in [0.4, 0.5) is 5.82 Å². The molecule has 1 fully saturated rings. The van der Waals surface area contributed by atoms with Crippen molar-refractivity contribution in [3.05, 3.63) is 23.9 Å². The molecule has 0 N–H and O–H groups in total. The molecule has 0 bridgehead atoms. The molecule has 1 aliphatic rings. The fourth-order valence-electron chi connectivity index (χ4n) is 2.46. The molecule has 0 aliphatic carbocycles. The van der Waals surface area contributed by atoms with Gasteiger partial charge in [-0.15, -0.1) is 0 Å². The predicted octanol–water partition coefficient (Wildman–Crippen LogP) is 1.87. The van der Waals surface area contributed by atoms with Gasteiger partial charge in [-0.2, -0.15) is 5.26 Å². The lowest BCUT2D eigenvalue weighted by Gasteiger charge is -2.24. The first-order valence-corrected chi connectivity index (χ1v) is 6.48. The molecule has 4 heteroatoms. The van der Waals surface area contributed by atoms with Gasteiger partial charge in [-0.1, -0.05) is 0 Å². The number of hydrogen-bond acceptors (Lipinski definition) is 4. The monoisotopic (exact) mass is 244 g/mol. The van der Waals surface area contributed by atoms with Crippen molar-refractivity contribution in [3.63, 3.8) is 0 Å². The quantitative estimate of drug-likeness (QED) is 0.796. The lowest BCUT2D eigenvalue weighted by atomic mass is 10.1. The maximum Gasteiger partial charge on any atom is 0.128 e. The highest BCUT2D eigenvalue weighted by molar-refractivity contribution is 5.41. The molecule has 0 amide bonds. The zero-order valence-corrected chi connectivity index (χ0v) is 11.1. The van der Waals surface area contributed by atoms with E-state index in [1.54, 1.807) is 6.20 Å². The van der Waals surface area contributed by atoms with Crippen molar-refractivity contribution in [1.29, 1.82) is 5.26 Å². The summed E-state index contributed by atoms with van der Waals surface area (Å²) >= 11 is 0. The summed E-state index contributed by atoms with van der Waals surface area (Å²) in [6.45, 7) is 2.10. The fraction of sp³-hybridized carbons (Fsp3) is 0.571. The van der Waals surface area contributed by atoms with Gasteiger partial charge in [0, 0.05) is 25.3 Å². The maximum atomic E-state index is 8.77. The molecular formula is C14H20N4. The first kappa shape index (κ1) is 12.8. The molecule has 0 spiro atoms. The largest absolute Gasteiger partial charge is 0.357 e. The van der Waals surface area contributed by atoms with Gasteiger partial charge >= 0.3 is 0 Å². The number of anilines is 1.